The van der Waals surface area contributed by atoms with Crippen molar-refractivity contribution in [2.24, 2.45) is 5.73 Å². The van der Waals surface area contributed by atoms with E-state index in [1.807, 2.05) is 0 Å². The Bertz CT molecular complexity index is 639. The number of nitrogens with one attached hydrogen (secondary N) is 2. The van der Waals surface area contributed by atoms with Crippen molar-refractivity contribution < 1.29 is 19.5 Å². The van der Waals surface area contributed by atoms with Crippen LogP contribution in [0, 0.1) is 12.3 Å². The summed E-state index contributed by atoms with van der Waals surface area (Å²) in [4.78, 5) is 23.9. The van der Waals surface area contributed by atoms with E-state index < -0.39 is 29.0 Å². The van der Waals surface area contributed by atoms with E-state index in [-0.39, 0.29) is 0 Å². The van der Waals surface area contributed by atoms with Gasteiger partial charge in [-0.05, 0) is 52.0 Å². The van der Waals surface area contributed by atoms with Crippen molar-refractivity contribution in [2.45, 2.75) is 44.9 Å². The van der Waals surface area contributed by atoms with Crippen LogP contribution in [-0.2, 0) is 4.79 Å². The lowest BCUT2D eigenvalue weighted by Crippen LogP contribution is -2.61. The third-order valence-electron chi connectivity index (χ3n) is 3.23. The highest BCUT2D eigenvalue weighted by atomic mass is 16.5. The smallest absolute Gasteiger partial charge is 0.267 e. The van der Waals surface area contributed by atoms with Gasteiger partial charge in [-0.25, -0.2) is 5.48 Å². The summed E-state index contributed by atoms with van der Waals surface area (Å²) in [7, 11) is 0. The Morgan fingerprint density at radius 3 is 2.21 bits per heavy atom. The minimum Gasteiger partial charge on any atom is -0.475 e. The van der Waals surface area contributed by atoms with E-state index in [0.717, 1.165) is 0 Å². The lowest BCUT2D eigenvalue weighted by Gasteiger charge is -2.29. The number of rotatable bonds is 6. The minimum atomic E-state index is -1.11. The zero-order valence-corrected chi connectivity index (χ0v) is 14.2. The Hall–Kier alpha value is -2.56. The average Bonchev–Trinajstić information content (AvgIpc) is 2.51. The number of terminal acetylenes is 1. The van der Waals surface area contributed by atoms with Crippen LogP contribution in [0.3, 0.4) is 0 Å². The summed E-state index contributed by atoms with van der Waals surface area (Å²) in [5, 5.41) is 11.3. The molecule has 1 rings (SSSR count). The van der Waals surface area contributed by atoms with Crippen molar-refractivity contribution in [3.8, 4) is 18.1 Å². The molecule has 0 spiro atoms. The molecule has 1 aromatic rings. The number of carbonyl (C=O) groups is 2. The van der Waals surface area contributed by atoms with Gasteiger partial charge in [-0.1, -0.05) is 5.92 Å². The van der Waals surface area contributed by atoms with Crippen LogP contribution in [0.15, 0.2) is 24.3 Å². The van der Waals surface area contributed by atoms with Gasteiger partial charge < -0.3 is 15.8 Å². The molecule has 0 saturated carbocycles. The van der Waals surface area contributed by atoms with E-state index in [1.165, 1.54) is 17.6 Å². The van der Waals surface area contributed by atoms with E-state index in [9.17, 15) is 9.59 Å². The predicted octanol–water partition coefficient (Wildman–Crippen LogP) is 0.818. The molecule has 1 aromatic carbocycles. The number of ether oxygens (including phenoxy) is 1. The molecule has 0 aliphatic rings. The fourth-order valence-electron chi connectivity index (χ4n) is 1.87. The van der Waals surface area contributed by atoms with Gasteiger partial charge in [0.15, 0.2) is 5.60 Å². The summed E-state index contributed by atoms with van der Waals surface area (Å²) < 4.78 is 5.59. The quantitative estimate of drug-likeness (QED) is 0.350. The van der Waals surface area contributed by atoms with Gasteiger partial charge in [-0.3, -0.25) is 14.8 Å². The number of nitrogens with two attached hydrogens (primary N) is 1. The van der Waals surface area contributed by atoms with Gasteiger partial charge in [0, 0.05) is 11.1 Å². The second-order valence-corrected chi connectivity index (χ2v) is 6.48. The Morgan fingerprint density at radius 2 is 1.79 bits per heavy atom. The fourth-order valence-corrected chi connectivity index (χ4v) is 1.87. The Morgan fingerprint density at radius 1 is 1.25 bits per heavy atom. The molecule has 0 aromatic heterocycles. The number of benzene rings is 1. The maximum Gasteiger partial charge on any atom is 0.267 e. The largest absolute Gasteiger partial charge is 0.475 e. The molecule has 0 aliphatic heterocycles. The number of hydrogen-bond donors (Lipinski definition) is 4. The van der Waals surface area contributed by atoms with Crippen LogP contribution in [-0.4, -0.2) is 34.2 Å². The summed E-state index contributed by atoms with van der Waals surface area (Å²) in [6, 6.07) is 5.17. The highest BCUT2D eigenvalue weighted by molar-refractivity contribution is 5.97. The normalized spacial score (nSPS) is 12.7. The zero-order valence-electron chi connectivity index (χ0n) is 14.2. The van der Waals surface area contributed by atoms with E-state index in [2.05, 4.69) is 11.2 Å². The first-order valence-electron chi connectivity index (χ1n) is 7.30. The third kappa shape index (κ3) is 5.26. The average molecular weight is 333 g/mol. The van der Waals surface area contributed by atoms with Crippen molar-refractivity contribution in [3.05, 3.63) is 29.8 Å². The molecule has 0 radical (unpaired) electrons. The van der Waals surface area contributed by atoms with Gasteiger partial charge in [-0.2, -0.15) is 0 Å². The van der Waals surface area contributed by atoms with Crippen molar-refractivity contribution in [3.63, 3.8) is 0 Å². The highest BCUT2D eigenvalue weighted by Gasteiger charge is 2.33. The number of hydroxylamine groups is 1. The van der Waals surface area contributed by atoms with Gasteiger partial charge in [0.25, 0.3) is 11.8 Å². The molecule has 0 aliphatic carbocycles. The second kappa shape index (κ2) is 7.34. The first kappa shape index (κ1) is 19.5. The minimum absolute atomic E-state index is 0.306. The van der Waals surface area contributed by atoms with Crippen LogP contribution in [0.4, 0.5) is 0 Å². The highest BCUT2D eigenvalue weighted by Crippen LogP contribution is 2.18. The summed E-state index contributed by atoms with van der Waals surface area (Å²) in [6.45, 7) is 6.61. The number of hydrogen-bond acceptors (Lipinski definition) is 5. The second-order valence-electron chi connectivity index (χ2n) is 6.48. The number of carbonyl (C=O) groups excluding carboxylic acids is 2. The van der Waals surface area contributed by atoms with Crippen molar-refractivity contribution in [1.29, 1.82) is 0 Å². The van der Waals surface area contributed by atoms with Crippen LogP contribution in [0.5, 0.6) is 5.75 Å². The van der Waals surface area contributed by atoms with Crippen LogP contribution >= 0.6 is 0 Å². The molecule has 0 heterocycles. The fraction of sp³-hybridized carbons (Fsp3) is 0.412. The van der Waals surface area contributed by atoms with Crippen molar-refractivity contribution in [1.82, 2.24) is 10.8 Å². The van der Waals surface area contributed by atoms with Crippen molar-refractivity contribution >= 4 is 11.8 Å². The molecule has 7 nitrogen and oxygen atoms in total. The maximum absolute atomic E-state index is 12.3. The maximum atomic E-state index is 12.3. The lowest BCUT2D eigenvalue weighted by atomic mass is 9.95. The molecular formula is C17H23N3O4. The van der Waals surface area contributed by atoms with Gasteiger partial charge in [0.2, 0.25) is 0 Å². The standard InChI is InChI=1S/C17H23N3O4/c1-6-16(2,3)24-12-9-7-11(8-10-12)14(21)19-13(15(22)20-23)17(4,5)18/h1,7-10,13,23H,18H2,2-5H3,(H,19,21)(H,20,22). The van der Waals surface area contributed by atoms with Gasteiger partial charge in [-0.15, -0.1) is 6.42 Å². The lowest BCUT2D eigenvalue weighted by molar-refractivity contribution is -0.132. The Balaban J connectivity index is 2.88. The monoisotopic (exact) mass is 333 g/mol. The Kier molecular flexibility index (Phi) is 5.96. The summed E-state index contributed by atoms with van der Waals surface area (Å²) in [5.74, 6) is 1.71. The molecule has 24 heavy (non-hydrogen) atoms. The summed E-state index contributed by atoms with van der Waals surface area (Å²) in [5.41, 5.74) is 5.84. The zero-order chi connectivity index (χ0) is 18.5. The molecule has 2 amide bonds. The SMILES string of the molecule is C#CC(C)(C)Oc1ccc(C(=O)NC(C(=O)NO)C(C)(C)N)cc1. The van der Waals surface area contributed by atoms with E-state index >= 15 is 0 Å². The van der Waals surface area contributed by atoms with Crippen LogP contribution < -0.4 is 21.3 Å². The van der Waals surface area contributed by atoms with E-state index in [4.69, 9.17) is 22.1 Å². The molecule has 130 valence electrons. The van der Waals surface area contributed by atoms with Gasteiger partial charge in [0.05, 0.1) is 0 Å². The number of amides is 2. The molecule has 0 bridgehead atoms. The first-order valence-corrected chi connectivity index (χ1v) is 7.30. The Labute approximate surface area is 141 Å². The first-order chi connectivity index (χ1) is 11.0. The van der Waals surface area contributed by atoms with E-state index in [0.29, 0.717) is 11.3 Å². The molecule has 7 heteroatoms. The predicted molar refractivity (Wildman–Crippen MR) is 89.4 cm³/mol. The van der Waals surface area contributed by atoms with Gasteiger partial charge >= 0.3 is 0 Å². The van der Waals surface area contributed by atoms with Crippen LogP contribution in [0.1, 0.15) is 38.1 Å². The van der Waals surface area contributed by atoms with E-state index in [1.54, 1.807) is 39.8 Å². The topological polar surface area (TPSA) is 114 Å². The molecule has 1 atom stereocenters. The third-order valence-corrected chi connectivity index (χ3v) is 3.23. The molecule has 0 fully saturated rings. The molecular weight excluding hydrogens is 310 g/mol. The van der Waals surface area contributed by atoms with Crippen LogP contribution in [0.25, 0.3) is 0 Å². The van der Waals surface area contributed by atoms with Gasteiger partial charge in [0.1, 0.15) is 11.8 Å². The van der Waals surface area contributed by atoms with Crippen LogP contribution in [0.2, 0.25) is 0 Å². The molecule has 1 unspecified atom stereocenters. The molecule has 5 N–H and O–H groups in total. The summed E-state index contributed by atoms with van der Waals surface area (Å²) in [6.07, 6.45) is 5.36. The van der Waals surface area contributed by atoms with Crippen molar-refractivity contribution in [2.75, 3.05) is 0 Å². The molecule has 0 saturated heterocycles. The summed E-state index contributed by atoms with van der Waals surface area (Å²) >= 11 is 0.